The number of alkyl halides is 3. The number of carboxylic acids is 1. The predicted octanol–water partition coefficient (Wildman–Crippen LogP) is 3.44. The largest absolute Gasteiger partial charge is 0.477 e. The highest BCUT2D eigenvalue weighted by Gasteiger charge is 2.33. The third-order valence-corrected chi connectivity index (χ3v) is 3.07. The molecule has 0 bridgehead atoms. The molecule has 22 heavy (non-hydrogen) atoms. The summed E-state index contributed by atoms with van der Waals surface area (Å²) in [5.41, 5.74) is -0.773. The summed E-state index contributed by atoms with van der Waals surface area (Å²) < 4.78 is 38.9. The van der Waals surface area contributed by atoms with E-state index in [1.165, 1.54) is 35.2 Å². The Hall–Kier alpha value is -2.57. The van der Waals surface area contributed by atoms with E-state index in [9.17, 15) is 18.0 Å². The van der Waals surface area contributed by atoms with Gasteiger partial charge in [-0.05, 0) is 23.8 Å². The number of rotatable bonds is 4. The van der Waals surface area contributed by atoms with Crippen molar-refractivity contribution >= 4 is 11.8 Å². The average Bonchev–Trinajstić information content (AvgIpc) is 2.46. The van der Waals surface area contributed by atoms with Crippen molar-refractivity contribution in [2.45, 2.75) is 12.7 Å². The fourth-order valence-electron chi connectivity index (χ4n) is 2.03. The zero-order valence-electron chi connectivity index (χ0n) is 11.6. The first kappa shape index (κ1) is 15.8. The highest BCUT2D eigenvalue weighted by molar-refractivity contribution is 5.85. The number of aromatic carboxylic acids is 1. The minimum atomic E-state index is -4.44. The lowest BCUT2D eigenvalue weighted by molar-refractivity contribution is -0.138. The Morgan fingerprint density at radius 1 is 1.18 bits per heavy atom. The third-order valence-electron chi connectivity index (χ3n) is 3.07. The second-order valence-corrected chi connectivity index (χ2v) is 4.70. The van der Waals surface area contributed by atoms with E-state index in [-0.39, 0.29) is 23.6 Å². The molecule has 4 nitrogen and oxygen atoms in total. The van der Waals surface area contributed by atoms with Crippen LogP contribution < -0.4 is 4.90 Å². The van der Waals surface area contributed by atoms with Crippen molar-refractivity contribution in [3.63, 3.8) is 0 Å². The van der Waals surface area contributed by atoms with E-state index in [2.05, 4.69) is 4.98 Å². The molecular formula is C15H13F3N2O2. The molecule has 0 saturated heterocycles. The molecule has 0 unspecified atom stereocenters. The van der Waals surface area contributed by atoms with Crippen LogP contribution in [0.5, 0.6) is 0 Å². The molecule has 1 N–H and O–H groups in total. The summed E-state index contributed by atoms with van der Waals surface area (Å²) in [5.74, 6) is -0.900. The molecule has 0 fully saturated rings. The number of halogens is 3. The summed E-state index contributed by atoms with van der Waals surface area (Å²) in [6.45, 7) is -0.0360. The van der Waals surface area contributed by atoms with Gasteiger partial charge < -0.3 is 10.0 Å². The predicted molar refractivity (Wildman–Crippen MR) is 74.7 cm³/mol. The molecule has 1 aromatic heterocycles. The average molecular weight is 310 g/mol. The van der Waals surface area contributed by atoms with Crippen LogP contribution in [0.1, 0.15) is 21.6 Å². The van der Waals surface area contributed by atoms with Gasteiger partial charge in [-0.3, -0.25) is 0 Å². The highest BCUT2D eigenvalue weighted by Crippen LogP contribution is 2.32. The number of pyridine rings is 1. The van der Waals surface area contributed by atoms with Crippen molar-refractivity contribution in [2.75, 3.05) is 11.9 Å². The van der Waals surface area contributed by atoms with Crippen LogP contribution in [0.3, 0.4) is 0 Å². The Balaban J connectivity index is 2.28. The fourth-order valence-corrected chi connectivity index (χ4v) is 2.03. The Kier molecular flexibility index (Phi) is 4.35. The molecule has 0 aliphatic heterocycles. The van der Waals surface area contributed by atoms with Crippen molar-refractivity contribution in [3.05, 3.63) is 59.3 Å². The number of anilines is 1. The molecule has 0 saturated carbocycles. The van der Waals surface area contributed by atoms with Crippen LogP contribution in [0.25, 0.3) is 0 Å². The van der Waals surface area contributed by atoms with Crippen molar-refractivity contribution in [1.29, 1.82) is 0 Å². The molecule has 1 aromatic carbocycles. The van der Waals surface area contributed by atoms with E-state index in [1.807, 2.05) is 0 Å². The van der Waals surface area contributed by atoms with E-state index in [0.717, 1.165) is 6.07 Å². The lowest BCUT2D eigenvalue weighted by Gasteiger charge is -2.21. The number of aromatic nitrogens is 1. The Morgan fingerprint density at radius 3 is 2.50 bits per heavy atom. The van der Waals surface area contributed by atoms with Crippen LogP contribution in [0.15, 0.2) is 42.5 Å². The fraction of sp³-hybridized carbons (Fsp3) is 0.200. The van der Waals surface area contributed by atoms with Gasteiger partial charge in [-0.1, -0.05) is 24.3 Å². The molecular weight excluding hydrogens is 297 g/mol. The molecule has 116 valence electrons. The van der Waals surface area contributed by atoms with Gasteiger partial charge in [0.05, 0.1) is 5.56 Å². The van der Waals surface area contributed by atoms with Crippen LogP contribution in [-0.2, 0) is 12.7 Å². The number of carboxylic acid groups (broad SMARTS) is 1. The molecule has 0 aliphatic carbocycles. The SMILES string of the molecule is CN(Cc1ccccc1C(F)(F)F)c1cccc(C(=O)O)n1. The van der Waals surface area contributed by atoms with Crippen molar-refractivity contribution in [3.8, 4) is 0 Å². The zero-order chi connectivity index (χ0) is 16.3. The van der Waals surface area contributed by atoms with E-state index in [0.29, 0.717) is 0 Å². The summed E-state index contributed by atoms with van der Waals surface area (Å²) >= 11 is 0. The topological polar surface area (TPSA) is 53.4 Å². The molecule has 0 amide bonds. The number of hydrogen-bond donors (Lipinski definition) is 1. The maximum Gasteiger partial charge on any atom is 0.416 e. The Morgan fingerprint density at radius 2 is 1.86 bits per heavy atom. The third kappa shape index (κ3) is 3.55. The molecule has 2 aromatic rings. The molecule has 0 radical (unpaired) electrons. The van der Waals surface area contributed by atoms with Crippen LogP contribution in [-0.4, -0.2) is 23.1 Å². The number of nitrogens with zero attached hydrogens (tertiary/aromatic N) is 2. The molecule has 1 heterocycles. The van der Waals surface area contributed by atoms with Gasteiger partial charge in [-0.25, -0.2) is 9.78 Å². The number of benzene rings is 1. The van der Waals surface area contributed by atoms with Crippen LogP contribution in [0.4, 0.5) is 19.0 Å². The van der Waals surface area contributed by atoms with Gasteiger partial charge in [0.15, 0.2) is 5.69 Å². The second-order valence-electron chi connectivity index (χ2n) is 4.70. The molecule has 2 rings (SSSR count). The van der Waals surface area contributed by atoms with Crippen LogP contribution in [0, 0.1) is 0 Å². The minimum absolute atomic E-state index is 0.0360. The van der Waals surface area contributed by atoms with Crippen LogP contribution >= 0.6 is 0 Å². The van der Waals surface area contributed by atoms with Gasteiger partial charge in [0.25, 0.3) is 0 Å². The maximum atomic E-state index is 13.0. The second kappa shape index (κ2) is 6.05. The summed E-state index contributed by atoms with van der Waals surface area (Å²) in [6, 6.07) is 9.63. The first-order valence-corrected chi connectivity index (χ1v) is 6.35. The molecule has 0 atom stereocenters. The smallest absolute Gasteiger partial charge is 0.416 e. The lowest BCUT2D eigenvalue weighted by Crippen LogP contribution is -2.21. The standard InChI is InChI=1S/C15H13F3N2O2/c1-20(13-8-4-7-12(19-13)14(21)22)9-10-5-2-3-6-11(10)15(16,17)18/h2-8H,9H2,1H3,(H,21,22). The maximum absolute atomic E-state index is 13.0. The number of carbonyl (C=O) groups is 1. The first-order valence-electron chi connectivity index (χ1n) is 6.35. The number of hydrogen-bond acceptors (Lipinski definition) is 3. The minimum Gasteiger partial charge on any atom is -0.477 e. The van der Waals surface area contributed by atoms with E-state index < -0.39 is 17.7 Å². The van der Waals surface area contributed by atoms with Gasteiger partial charge in [0, 0.05) is 13.6 Å². The van der Waals surface area contributed by atoms with E-state index in [1.54, 1.807) is 13.1 Å². The first-order chi connectivity index (χ1) is 10.3. The highest BCUT2D eigenvalue weighted by atomic mass is 19.4. The van der Waals surface area contributed by atoms with Crippen molar-refractivity contribution in [1.82, 2.24) is 4.98 Å². The lowest BCUT2D eigenvalue weighted by atomic mass is 10.1. The summed E-state index contributed by atoms with van der Waals surface area (Å²) in [6.07, 6.45) is -4.44. The summed E-state index contributed by atoms with van der Waals surface area (Å²) in [5, 5.41) is 8.90. The van der Waals surface area contributed by atoms with E-state index in [4.69, 9.17) is 5.11 Å². The molecule has 0 aliphatic rings. The van der Waals surface area contributed by atoms with Crippen LogP contribution in [0.2, 0.25) is 0 Å². The monoisotopic (exact) mass is 310 g/mol. The van der Waals surface area contributed by atoms with Gasteiger partial charge in [0.1, 0.15) is 5.82 Å². The Bertz CT molecular complexity index is 686. The summed E-state index contributed by atoms with van der Waals surface area (Å²) in [7, 11) is 1.56. The zero-order valence-corrected chi connectivity index (χ0v) is 11.6. The van der Waals surface area contributed by atoms with Gasteiger partial charge in [0.2, 0.25) is 0 Å². The summed E-state index contributed by atoms with van der Waals surface area (Å²) in [4.78, 5) is 16.3. The van der Waals surface area contributed by atoms with Gasteiger partial charge in [-0.15, -0.1) is 0 Å². The van der Waals surface area contributed by atoms with Crippen molar-refractivity contribution < 1.29 is 23.1 Å². The molecule has 7 heteroatoms. The molecule has 0 spiro atoms. The Labute approximate surface area is 124 Å². The van der Waals surface area contributed by atoms with Crippen molar-refractivity contribution in [2.24, 2.45) is 0 Å². The van der Waals surface area contributed by atoms with Gasteiger partial charge >= 0.3 is 12.1 Å². The normalized spacial score (nSPS) is 11.3. The van der Waals surface area contributed by atoms with E-state index >= 15 is 0 Å². The van der Waals surface area contributed by atoms with Gasteiger partial charge in [-0.2, -0.15) is 13.2 Å². The quantitative estimate of drug-likeness (QED) is 0.940.